The number of rotatable bonds is 4. The van der Waals surface area contributed by atoms with E-state index in [0.29, 0.717) is 23.1 Å². The predicted octanol–water partition coefficient (Wildman–Crippen LogP) is 3.61. The van der Waals surface area contributed by atoms with E-state index in [9.17, 15) is 0 Å². The number of aromatic nitrogens is 3. The fourth-order valence-electron chi connectivity index (χ4n) is 2.24. The zero-order valence-electron chi connectivity index (χ0n) is 12.9. The Hall–Kier alpha value is -3.15. The molecule has 6 nitrogen and oxygen atoms in total. The summed E-state index contributed by atoms with van der Waals surface area (Å²) in [6.45, 7) is 4.03. The van der Waals surface area contributed by atoms with E-state index in [1.807, 2.05) is 38.1 Å². The van der Waals surface area contributed by atoms with E-state index in [2.05, 4.69) is 26.3 Å². The summed E-state index contributed by atoms with van der Waals surface area (Å²) in [4.78, 5) is 12.3. The molecule has 0 spiro atoms. The Balaban J connectivity index is 1.87. The highest BCUT2D eigenvalue weighted by atomic mass is 16.5. The van der Waals surface area contributed by atoms with Crippen molar-refractivity contribution in [2.45, 2.75) is 13.8 Å². The van der Waals surface area contributed by atoms with Crippen molar-refractivity contribution in [2.24, 2.45) is 0 Å². The quantitative estimate of drug-likeness (QED) is 0.766. The summed E-state index contributed by atoms with van der Waals surface area (Å²) in [5.74, 6) is 1.51. The van der Waals surface area contributed by atoms with Gasteiger partial charge >= 0.3 is 0 Å². The standard InChI is InChI=1S/C17H17N5O/c1-11-7-12(2)9-14(8-11)23-17-15(18)16(20-10-21-17)22-13-3-5-19-6-4-13/h3-10H,18H2,1-2H3,(H,19,20,21,22). The molecule has 3 N–H and O–H groups in total. The van der Waals surface area contributed by atoms with Crippen LogP contribution < -0.4 is 15.8 Å². The highest BCUT2D eigenvalue weighted by Crippen LogP contribution is 2.31. The third-order valence-electron chi connectivity index (χ3n) is 3.20. The molecular weight excluding hydrogens is 290 g/mol. The van der Waals surface area contributed by atoms with E-state index in [0.717, 1.165) is 16.8 Å². The van der Waals surface area contributed by atoms with Crippen LogP contribution in [0.4, 0.5) is 17.2 Å². The van der Waals surface area contributed by atoms with Gasteiger partial charge in [0.1, 0.15) is 17.8 Å². The molecule has 0 radical (unpaired) electrons. The Morgan fingerprint density at radius 3 is 2.39 bits per heavy atom. The molecule has 0 saturated heterocycles. The van der Waals surface area contributed by atoms with Gasteiger partial charge in [0.2, 0.25) is 5.88 Å². The van der Waals surface area contributed by atoms with Crippen molar-refractivity contribution < 1.29 is 4.74 Å². The van der Waals surface area contributed by atoms with Crippen LogP contribution in [-0.4, -0.2) is 15.0 Å². The maximum absolute atomic E-state index is 6.13. The van der Waals surface area contributed by atoms with Gasteiger partial charge < -0.3 is 15.8 Å². The Morgan fingerprint density at radius 1 is 1.00 bits per heavy atom. The van der Waals surface area contributed by atoms with Gasteiger partial charge in [-0.1, -0.05) is 6.07 Å². The molecule has 0 amide bonds. The zero-order valence-corrected chi connectivity index (χ0v) is 12.9. The number of aryl methyl sites for hydroxylation is 2. The van der Waals surface area contributed by atoms with Gasteiger partial charge in [-0.3, -0.25) is 4.98 Å². The molecule has 0 aliphatic heterocycles. The molecule has 23 heavy (non-hydrogen) atoms. The molecular formula is C17H17N5O. The van der Waals surface area contributed by atoms with Crippen LogP contribution in [-0.2, 0) is 0 Å². The molecule has 116 valence electrons. The SMILES string of the molecule is Cc1cc(C)cc(Oc2ncnc(Nc3ccncc3)c2N)c1. The average molecular weight is 307 g/mol. The number of anilines is 3. The van der Waals surface area contributed by atoms with E-state index < -0.39 is 0 Å². The Bertz CT molecular complexity index is 800. The number of nitrogen functional groups attached to an aromatic ring is 1. The number of benzene rings is 1. The van der Waals surface area contributed by atoms with Gasteiger partial charge in [-0.05, 0) is 49.2 Å². The van der Waals surface area contributed by atoms with Gasteiger partial charge in [-0.25, -0.2) is 4.98 Å². The first-order valence-corrected chi connectivity index (χ1v) is 7.15. The molecule has 0 fully saturated rings. The maximum atomic E-state index is 6.13. The van der Waals surface area contributed by atoms with Crippen LogP contribution >= 0.6 is 0 Å². The average Bonchev–Trinajstić information content (AvgIpc) is 2.51. The van der Waals surface area contributed by atoms with Gasteiger partial charge in [-0.2, -0.15) is 4.98 Å². The summed E-state index contributed by atoms with van der Waals surface area (Å²) >= 11 is 0. The first-order chi connectivity index (χ1) is 11.1. The second-order valence-electron chi connectivity index (χ2n) is 5.23. The van der Waals surface area contributed by atoms with Crippen LogP contribution in [0.3, 0.4) is 0 Å². The number of nitrogens with one attached hydrogen (secondary N) is 1. The monoisotopic (exact) mass is 307 g/mol. The molecule has 2 aromatic heterocycles. The van der Waals surface area contributed by atoms with Crippen LogP contribution in [0.15, 0.2) is 49.1 Å². The molecule has 0 bridgehead atoms. The van der Waals surface area contributed by atoms with E-state index >= 15 is 0 Å². The molecule has 2 heterocycles. The second-order valence-corrected chi connectivity index (χ2v) is 5.23. The van der Waals surface area contributed by atoms with E-state index in [4.69, 9.17) is 10.5 Å². The molecule has 0 atom stereocenters. The van der Waals surface area contributed by atoms with Crippen LogP contribution in [0, 0.1) is 13.8 Å². The maximum Gasteiger partial charge on any atom is 0.248 e. The van der Waals surface area contributed by atoms with Crippen LogP contribution in [0.2, 0.25) is 0 Å². The van der Waals surface area contributed by atoms with Crippen molar-refractivity contribution in [1.82, 2.24) is 15.0 Å². The summed E-state index contributed by atoms with van der Waals surface area (Å²) in [5.41, 5.74) is 9.54. The van der Waals surface area contributed by atoms with Crippen molar-refractivity contribution in [3.8, 4) is 11.6 Å². The topological polar surface area (TPSA) is 86.0 Å². The Kier molecular flexibility index (Phi) is 4.05. The minimum atomic E-state index is 0.321. The number of pyridine rings is 1. The summed E-state index contributed by atoms with van der Waals surface area (Å²) in [6.07, 6.45) is 4.79. The number of nitrogens with two attached hydrogens (primary N) is 1. The fourth-order valence-corrected chi connectivity index (χ4v) is 2.24. The first kappa shape index (κ1) is 14.8. The lowest BCUT2D eigenvalue weighted by Gasteiger charge is -2.12. The van der Waals surface area contributed by atoms with Crippen molar-refractivity contribution in [3.05, 3.63) is 60.2 Å². The van der Waals surface area contributed by atoms with Crippen molar-refractivity contribution in [3.63, 3.8) is 0 Å². The first-order valence-electron chi connectivity index (χ1n) is 7.15. The second kappa shape index (κ2) is 6.31. The smallest absolute Gasteiger partial charge is 0.248 e. The highest BCUT2D eigenvalue weighted by molar-refractivity contribution is 5.72. The van der Waals surface area contributed by atoms with Crippen molar-refractivity contribution >= 4 is 17.2 Å². The van der Waals surface area contributed by atoms with Gasteiger partial charge in [0, 0.05) is 18.1 Å². The lowest BCUT2D eigenvalue weighted by molar-refractivity contribution is 0.464. The minimum absolute atomic E-state index is 0.321. The van der Waals surface area contributed by atoms with Crippen molar-refractivity contribution in [1.29, 1.82) is 0 Å². The summed E-state index contributed by atoms with van der Waals surface area (Å²) in [6, 6.07) is 9.60. The number of nitrogens with zero attached hydrogens (tertiary/aromatic N) is 3. The third-order valence-corrected chi connectivity index (χ3v) is 3.20. The zero-order chi connectivity index (χ0) is 16.2. The number of ether oxygens (including phenoxy) is 1. The highest BCUT2D eigenvalue weighted by Gasteiger charge is 2.11. The van der Waals surface area contributed by atoms with Gasteiger partial charge in [0.25, 0.3) is 0 Å². The fraction of sp³-hybridized carbons (Fsp3) is 0.118. The lowest BCUT2D eigenvalue weighted by Crippen LogP contribution is -2.03. The third kappa shape index (κ3) is 3.55. The van der Waals surface area contributed by atoms with E-state index in [-0.39, 0.29) is 0 Å². The summed E-state index contributed by atoms with van der Waals surface area (Å²) in [7, 11) is 0. The normalized spacial score (nSPS) is 10.3. The van der Waals surface area contributed by atoms with Gasteiger partial charge in [-0.15, -0.1) is 0 Å². The molecule has 1 aromatic carbocycles. The molecule has 0 aliphatic carbocycles. The Morgan fingerprint density at radius 2 is 1.70 bits per heavy atom. The lowest BCUT2D eigenvalue weighted by atomic mass is 10.1. The minimum Gasteiger partial charge on any atom is -0.437 e. The van der Waals surface area contributed by atoms with Crippen LogP contribution in [0.5, 0.6) is 11.6 Å². The summed E-state index contributed by atoms with van der Waals surface area (Å²) < 4.78 is 5.82. The molecule has 0 aliphatic rings. The molecule has 3 rings (SSSR count). The molecule has 0 unspecified atom stereocenters. The molecule has 0 saturated carbocycles. The van der Waals surface area contributed by atoms with Crippen molar-refractivity contribution in [2.75, 3.05) is 11.1 Å². The van der Waals surface area contributed by atoms with Gasteiger partial charge in [0.05, 0.1) is 0 Å². The largest absolute Gasteiger partial charge is 0.437 e. The number of hydrogen-bond acceptors (Lipinski definition) is 6. The predicted molar refractivity (Wildman–Crippen MR) is 90.0 cm³/mol. The Labute approximate surface area is 134 Å². The number of hydrogen-bond donors (Lipinski definition) is 2. The van der Waals surface area contributed by atoms with Crippen LogP contribution in [0.25, 0.3) is 0 Å². The summed E-state index contributed by atoms with van der Waals surface area (Å²) in [5, 5.41) is 3.13. The van der Waals surface area contributed by atoms with E-state index in [1.54, 1.807) is 12.4 Å². The van der Waals surface area contributed by atoms with Crippen LogP contribution in [0.1, 0.15) is 11.1 Å². The van der Waals surface area contributed by atoms with E-state index in [1.165, 1.54) is 6.33 Å². The van der Waals surface area contributed by atoms with Gasteiger partial charge in [0.15, 0.2) is 5.82 Å². The molecule has 3 aromatic rings. The molecule has 6 heteroatoms.